The molecule has 1 N–H and O–H groups in total. The molecule has 5 heteroatoms. The summed E-state index contributed by atoms with van der Waals surface area (Å²) in [5.41, 5.74) is 2.07. The summed E-state index contributed by atoms with van der Waals surface area (Å²) in [6.45, 7) is 6.14. The first-order chi connectivity index (χ1) is 8.10. The Morgan fingerprint density at radius 3 is 2.76 bits per heavy atom. The lowest BCUT2D eigenvalue weighted by atomic mass is 10.2. The number of halogens is 1. The van der Waals surface area contributed by atoms with E-state index in [1.54, 1.807) is 0 Å². The van der Waals surface area contributed by atoms with Gasteiger partial charge in [0.2, 0.25) is 0 Å². The lowest BCUT2D eigenvalue weighted by Crippen LogP contribution is -2.23. The Hall–Kier alpha value is -0.190. The van der Waals surface area contributed by atoms with E-state index in [0.717, 1.165) is 35.9 Å². The molecule has 0 saturated heterocycles. The Bertz CT molecular complexity index is 352. The van der Waals surface area contributed by atoms with Crippen molar-refractivity contribution in [3.8, 4) is 0 Å². The fraction of sp³-hybridized carbons (Fsp3) is 0.750. The quantitative estimate of drug-likeness (QED) is 0.830. The van der Waals surface area contributed by atoms with Gasteiger partial charge in [-0.1, -0.05) is 25.4 Å². The number of thioether (sulfide) groups is 1. The molecule has 1 aromatic rings. The highest BCUT2D eigenvalue weighted by Crippen LogP contribution is 2.20. The minimum absolute atomic E-state index is 0.683. The van der Waals surface area contributed by atoms with Crippen LogP contribution in [0.2, 0.25) is 5.02 Å². The van der Waals surface area contributed by atoms with E-state index >= 15 is 0 Å². The molecule has 0 spiro atoms. The average Bonchev–Trinajstić information content (AvgIpc) is 2.56. The number of aryl methyl sites for hydroxylation is 2. The molecule has 0 aliphatic rings. The summed E-state index contributed by atoms with van der Waals surface area (Å²) >= 11 is 8.17. The second-order valence-corrected chi connectivity index (χ2v) is 5.66. The maximum absolute atomic E-state index is 6.28. The Balaban J connectivity index is 2.49. The summed E-state index contributed by atoms with van der Waals surface area (Å²) in [6, 6.07) is 0. The van der Waals surface area contributed by atoms with Crippen molar-refractivity contribution in [1.82, 2.24) is 15.1 Å². The third-order valence-corrected chi connectivity index (χ3v) is 4.08. The van der Waals surface area contributed by atoms with Gasteiger partial charge in [0.15, 0.2) is 0 Å². The molecule has 0 aliphatic carbocycles. The van der Waals surface area contributed by atoms with Crippen LogP contribution in [-0.2, 0) is 20.0 Å². The van der Waals surface area contributed by atoms with Crippen molar-refractivity contribution < 1.29 is 0 Å². The fourth-order valence-electron chi connectivity index (χ4n) is 1.79. The zero-order valence-electron chi connectivity index (χ0n) is 11.1. The molecule has 0 amide bonds. The molecular weight excluding hydrogens is 254 g/mol. The number of aromatic nitrogens is 2. The lowest BCUT2D eigenvalue weighted by molar-refractivity contribution is 0.542. The van der Waals surface area contributed by atoms with Gasteiger partial charge in [0.1, 0.15) is 0 Å². The summed E-state index contributed by atoms with van der Waals surface area (Å²) < 4.78 is 1.88. The zero-order chi connectivity index (χ0) is 12.8. The van der Waals surface area contributed by atoms with Gasteiger partial charge >= 0.3 is 0 Å². The predicted molar refractivity (Wildman–Crippen MR) is 76.8 cm³/mol. The molecule has 0 aromatic carbocycles. The van der Waals surface area contributed by atoms with Crippen LogP contribution in [-0.4, -0.2) is 28.3 Å². The Morgan fingerprint density at radius 1 is 1.53 bits per heavy atom. The largest absolute Gasteiger partial charge is 0.311 e. The Labute approximate surface area is 113 Å². The third kappa shape index (κ3) is 4.19. The normalized spacial score (nSPS) is 13.0. The SMILES string of the molecule is CCc1nn(C)c(CNCC(C)CSC)c1Cl. The highest BCUT2D eigenvalue weighted by molar-refractivity contribution is 7.98. The minimum atomic E-state index is 0.683. The Kier molecular flexibility index (Phi) is 6.38. The number of nitrogens with zero attached hydrogens (tertiary/aromatic N) is 2. The van der Waals surface area contributed by atoms with Crippen LogP contribution in [0.1, 0.15) is 25.2 Å². The number of rotatable bonds is 7. The van der Waals surface area contributed by atoms with Crippen molar-refractivity contribution in [1.29, 1.82) is 0 Å². The topological polar surface area (TPSA) is 29.9 Å². The first-order valence-corrected chi connectivity index (χ1v) is 7.77. The molecule has 1 atom stereocenters. The van der Waals surface area contributed by atoms with Gasteiger partial charge in [0, 0.05) is 13.6 Å². The standard InChI is InChI=1S/C12H22ClN3S/c1-5-10-12(13)11(16(3)15-10)7-14-6-9(2)8-17-4/h9,14H,5-8H2,1-4H3. The first kappa shape index (κ1) is 14.9. The maximum atomic E-state index is 6.28. The lowest BCUT2D eigenvalue weighted by Gasteiger charge is -2.11. The van der Waals surface area contributed by atoms with Gasteiger partial charge in [-0.3, -0.25) is 4.68 Å². The number of hydrogen-bond acceptors (Lipinski definition) is 3. The van der Waals surface area contributed by atoms with Gasteiger partial charge in [-0.2, -0.15) is 16.9 Å². The second-order valence-electron chi connectivity index (χ2n) is 4.38. The average molecular weight is 276 g/mol. The summed E-state index contributed by atoms with van der Waals surface area (Å²) in [5, 5.41) is 8.67. The zero-order valence-corrected chi connectivity index (χ0v) is 12.7. The molecule has 1 aromatic heterocycles. The second kappa shape index (κ2) is 7.29. The molecule has 0 saturated carbocycles. The van der Waals surface area contributed by atoms with Gasteiger partial charge < -0.3 is 5.32 Å². The van der Waals surface area contributed by atoms with Gasteiger partial charge in [0.25, 0.3) is 0 Å². The van der Waals surface area contributed by atoms with E-state index < -0.39 is 0 Å². The van der Waals surface area contributed by atoms with E-state index in [9.17, 15) is 0 Å². The third-order valence-electron chi connectivity index (χ3n) is 2.74. The predicted octanol–water partition coefficient (Wildman–Crippen LogP) is 2.72. The molecule has 0 radical (unpaired) electrons. The van der Waals surface area contributed by atoms with Gasteiger partial charge in [0.05, 0.1) is 16.4 Å². The van der Waals surface area contributed by atoms with Crippen molar-refractivity contribution in [2.75, 3.05) is 18.6 Å². The van der Waals surface area contributed by atoms with E-state index in [1.807, 2.05) is 23.5 Å². The van der Waals surface area contributed by atoms with Crippen LogP contribution >= 0.6 is 23.4 Å². The van der Waals surface area contributed by atoms with Gasteiger partial charge in [-0.05, 0) is 30.9 Å². The summed E-state index contributed by atoms with van der Waals surface area (Å²) in [4.78, 5) is 0. The van der Waals surface area contributed by atoms with Crippen LogP contribution in [0, 0.1) is 5.92 Å². The summed E-state index contributed by atoms with van der Waals surface area (Å²) in [7, 11) is 1.95. The van der Waals surface area contributed by atoms with Crippen LogP contribution in [0.25, 0.3) is 0 Å². The van der Waals surface area contributed by atoms with Crippen molar-refractivity contribution in [2.24, 2.45) is 13.0 Å². The molecule has 0 bridgehead atoms. The molecule has 1 heterocycles. The summed E-state index contributed by atoms with van der Waals surface area (Å²) in [6.07, 6.45) is 3.03. The minimum Gasteiger partial charge on any atom is -0.311 e. The van der Waals surface area contributed by atoms with E-state index in [1.165, 1.54) is 5.75 Å². The highest BCUT2D eigenvalue weighted by Gasteiger charge is 2.12. The van der Waals surface area contributed by atoms with E-state index in [-0.39, 0.29) is 0 Å². The first-order valence-electron chi connectivity index (χ1n) is 6.00. The summed E-state index contributed by atoms with van der Waals surface area (Å²) in [5.74, 6) is 1.87. The van der Waals surface area contributed by atoms with Crippen molar-refractivity contribution >= 4 is 23.4 Å². The van der Waals surface area contributed by atoms with Crippen LogP contribution in [0.4, 0.5) is 0 Å². The van der Waals surface area contributed by atoms with Crippen LogP contribution in [0.3, 0.4) is 0 Å². The van der Waals surface area contributed by atoms with Crippen LogP contribution in [0.15, 0.2) is 0 Å². The van der Waals surface area contributed by atoms with Crippen molar-refractivity contribution in [3.63, 3.8) is 0 Å². The molecule has 1 unspecified atom stereocenters. The number of hydrogen-bond donors (Lipinski definition) is 1. The van der Waals surface area contributed by atoms with E-state index in [0.29, 0.717) is 5.92 Å². The molecular formula is C12H22ClN3S. The van der Waals surface area contributed by atoms with E-state index in [4.69, 9.17) is 11.6 Å². The molecule has 1 rings (SSSR count). The molecule has 98 valence electrons. The Morgan fingerprint density at radius 2 is 2.24 bits per heavy atom. The van der Waals surface area contributed by atoms with Crippen molar-refractivity contribution in [2.45, 2.75) is 26.8 Å². The van der Waals surface area contributed by atoms with Crippen LogP contribution in [0.5, 0.6) is 0 Å². The monoisotopic (exact) mass is 275 g/mol. The van der Waals surface area contributed by atoms with Gasteiger partial charge in [-0.25, -0.2) is 0 Å². The molecule has 17 heavy (non-hydrogen) atoms. The smallest absolute Gasteiger partial charge is 0.0863 e. The van der Waals surface area contributed by atoms with Gasteiger partial charge in [-0.15, -0.1) is 0 Å². The van der Waals surface area contributed by atoms with Crippen LogP contribution < -0.4 is 5.32 Å². The fourth-order valence-corrected chi connectivity index (χ4v) is 2.84. The highest BCUT2D eigenvalue weighted by atomic mass is 35.5. The van der Waals surface area contributed by atoms with Crippen molar-refractivity contribution in [3.05, 3.63) is 16.4 Å². The number of nitrogens with one attached hydrogen (secondary N) is 1. The maximum Gasteiger partial charge on any atom is 0.0863 e. The molecule has 0 fully saturated rings. The molecule has 3 nitrogen and oxygen atoms in total. The molecule has 0 aliphatic heterocycles. The van der Waals surface area contributed by atoms with E-state index in [2.05, 4.69) is 30.5 Å².